The molecule has 0 aliphatic carbocycles. The molecule has 0 atom stereocenters. The molecule has 8 nitrogen and oxygen atoms in total. The van der Waals surface area contributed by atoms with Gasteiger partial charge in [0.05, 0.1) is 21.4 Å². The molecule has 0 aliphatic heterocycles. The molecule has 0 saturated carbocycles. The molecule has 11 heteroatoms. The van der Waals surface area contributed by atoms with Crippen LogP contribution in [-0.4, -0.2) is 31.3 Å². The molecule has 0 radical (unpaired) electrons. The summed E-state index contributed by atoms with van der Waals surface area (Å²) in [6.45, 7) is 4.25. The molecule has 0 saturated heterocycles. The Bertz CT molecular complexity index is 1120. The van der Waals surface area contributed by atoms with Gasteiger partial charge < -0.3 is 9.88 Å². The van der Waals surface area contributed by atoms with E-state index in [1.54, 1.807) is 6.08 Å². The number of hydrogen-bond donors (Lipinski definition) is 1. The highest BCUT2D eigenvalue weighted by Gasteiger charge is 2.16. The van der Waals surface area contributed by atoms with Crippen molar-refractivity contribution in [2.75, 3.05) is 11.1 Å². The number of nitrogens with zero attached hydrogens (tertiary/aromatic N) is 4. The van der Waals surface area contributed by atoms with E-state index in [-0.39, 0.29) is 28.1 Å². The van der Waals surface area contributed by atoms with E-state index in [0.29, 0.717) is 23.1 Å². The zero-order chi connectivity index (χ0) is 22.4. The minimum atomic E-state index is -0.555. The fourth-order valence-corrected chi connectivity index (χ4v) is 3.75. The predicted molar refractivity (Wildman–Crippen MR) is 122 cm³/mol. The number of carbonyl (C=O) groups excluding carboxylic acids is 1. The number of anilines is 1. The minimum Gasteiger partial charge on any atom is -0.324 e. The van der Waals surface area contributed by atoms with Crippen LogP contribution in [0, 0.1) is 10.1 Å². The molecular weight excluding hydrogens is 461 g/mol. The van der Waals surface area contributed by atoms with Gasteiger partial charge in [-0.2, -0.15) is 0 Å². The average molecular weight is 478 g/mol. The van der Waals surface area contributed by atoms with E-state index in [1.807, 2.05) is 28.8 Å². The molecule has 1 aromatic heterocycles. The number of benzene rings is 2. The van der Waals surface area contributed by atoms with E-state index in [9.17, 15) is 14.9 Å². The third kappa shape index (κ3) is 6.06. The van der Waals surface area contributed by atoms with Crippen LogP contribution in [0.5, 0.6) is 0 Å². The Morgan fingerprint density at radius 3 is 2.65 bits per heavy atom. The molecule has 160 valence electrons. The number of amides is 1. The number of aromatic nitrogens is 3. The molecule has 0 bridgehead atoms. The van der Waals surface area contributed by atoms with Gasteiger partial charge >= 0.3 is 0 Å². The number of hydrogen-bond acceptors (Lipinski definition) is 6. The highest BCUT2D eigenvalue weighted by molar-refractivity contribution is 7.99. The maximum absolute atomic E-state index is 12.4. The van der Waals surface area contributed by atoms with Gasteiger partial charge in [0.1, 0.15) is 5.82 Å². The monoisotopic (exact) mass is 477 g/mol. The smallest absolute Gasteiger partial charge is 0.271 e. The van der Waals surface area contributed by atoms with E-state index < -0.39 is 4.92 Å². The first-order valence-electron chi connectivity index (χ1n) is 9.01. The van der Waals surface area contributed by atoms with Crippen LogP contribution in [0.3, 0.4) is 0 Å². The Labute approximate surface area is 192 Å². The van der Waals surface area contributed by atoms with Gasteiger partial charge in [0.2, 0.25) is 5.91 Å². The van der Waals surface area contributed by atoms with Crippen LogP contribution < -0.4 is 5.32 Å². The van der Waals surface area contributed by atoms with E-state index in [2.05, 4.69) is 22.1 Å². The molecule has 3 rings (SSSR count). The molecule has 2 aromatic carbocycles. The molecular formula is C20H17Cl2N5O3S. The number of allylic oxidation sites excluding steroid dienone is 1. The van der Waals surface area contributed by atoms with Crippen LogP contribution in [0.2, 0.25) is 10.0 Å². The van der Waals surface area contributed by atoms with Crippen LogP contribution in [0.1, 0.15) is 11.4 Å². The van der Waals surface area contributed by atoms with Gasteiger partial charge in [0, 0.05) is 30.1 Å². The first-order chi connectivity index (χ1) is 14.9. The van der Waals surface area contributed by atoms with Crippen LogP contribution in [0.25, 0.3) is 0 Å². The fraction of sp³-hybridized carbons (Fsp3) is 0.150. The lowest BCUT2D eigenvalue weighted by molar-refractivity contribution is -0.384. The van der Waals surface area contributed by atoms with Gasteiger partial charge in [-0.1, -0.05) is 53.2 Å². The topological polar surface area (TPSA) is 103 Å². The lowest BCUT2D eigenvalue weighted by Crippen LogP contribution is -2.15. The van der Waals surface area contributed by atoms with Crippen molar-refractivity contribution in [2.45, 2.75) is 18.1 Å². The summed E-state index contributed by atoms with van der Waals surface area (Å²) >= 11 is 13.2. The summed E-state index contributed by atoms with van der Waals surface area (Å²) in [6, 6.07) is 11.3. The molecule has 0 aliphatic rings. The van der Waals surface area contributed by atoms with Crippen LogP contribution in [-0.2, 0) is 17.8 Å². The number of rotatable bonds is 9. The van der Waals surface area contributed by atoms with Crippen molar-refractivity contribution in [3.63, 3.8) is 0 Å². The van der Waals surface area contributed by atoms with E-state index in [1.165, 1.54) is 30.0 Å². The SMILES string of the molecule is C=CCn1c(Cc2ccc(Cl)cc2)nnc1SCC(=O)Nc1cc([N+](=O)[O-])ccc1Cl. The Hall–Kier alpha value is -2.88. The maximum Gasteiger partial charge on any atom is 0.271 e. The zero-order valence-corrected chi connectivity index (χ0v) is 18.5. The summed E-state index contributed by atoms with van der Waals surface area (Å²) in [5, 5.41) is 23.4. The number of nitro benzene ring substituents is 1. The molecule has 0 fully saturated rings. The predicted octanol–water partition coefficient (Wildman–Crippen LogP) is 5.00. The van der Waals surface area contributed by atoms with Crippen LogP contribution >= 0.6 is 35.0 Å². The van der Waals surface area contributed by atoms with Gasteiger partial charge in [-0.3, -0.25) is 14.9 Å². The Morgan fingerprint density at radius 2 is 1.97 bits per heavy atom. The normalized spacial score (nSPS) is 10.6. The van der Waals surface area contributed by atoms with Gasteiger partial charge in [-0.15, -0.1) is 16.8 Å². The molecule has 31 heavy (non-hydrogen) atoms. The minimum absolute atomic E-state index is 0.0231. The summed E-state index contributed by atoms with van der Waals surface area (Å²) in [4.78, 5) is 22.7. The highest BCUT2D eigenvalue weighted by atomic mass is 35.5. The van der Waals surface area contributed by atoms with Crippen molar-refractivity contribution in [3.8, 4) is 0 Å². The summed E-state index contributed by atoms with van der Waals surface area (Å²) in [7, 11) is 0. The Balaban J connectivity index is 1.68. The molecule has 1 N–H and O–H groups in total. The lowest BCUT2D eigenvalue weighted by Gasteiger charge is -2.09. The van der Waals surface area contributed by atoms with Gasteiger partial charge in [-0.05, 0) is 23.8 Å². The van der Waals surface area contributed by atoms with Crippen molar-refractivity contribution < 1.29 is 9.72 Å². The number of halogens is 2. The molecule has 0 spiro atoms. The second kappa shape index (κ2) is 10.4. The Kier molecular flexibility index (Phi) is 7.67. The second-order valence-electron chi connectivity index (χ2n) is 6.36. The quantitative estimate of drug-likeness (QED) is 0.201. The Morgan fingerprint density at radius 1 is 1.23 bits per heavy atom. The number of nitro groups is 1. The second-order valence-corrected chi connectivity index (χ2v) is 8.15. The molecule has 1 heterocycles. The third-order valence-electron chi connectivity index (χ3n) is 4.15. The van der Waals surface area contributed by atoms with Crippen LogP contribution in [0.15, 0.2) is 60.3 Å². The van der Waals surface area contributed by atoms with Crippen molar-refractivity contribution >= 4 is 52.2 Å². The summed E-state index contributed by atoms with van der Waals surface area (Å²) in [5.41, 5.74) is 1.04. The standard InChI is InChI=1S/C20H17Cl2N5O3S/c1-2-9-26-18(10-13-3-5-14(21)6-4-13)24-25-20(26)31-12-19(28)23-17-11-15(27(29)30)7-8-16(17)22/h2-8,11H,1,9-10,12H2,(H,23,28). The van der Waals surface area contributed by atoms with Gasteiger partial charge in [0.25, 0.3) is 5.69 Å². The van der Waals surface area contributed by atoms with Crippen molar-refractivity contribution in [3.05, 3.63) is 86.7 Å². The number of carbonyl (C=O) groups is 1. The summed E-state index contributed by atoms with van der Waals surface area (Å²) < 4.78 is 1.87. The maximum atomic E-state index is 12.4. The number of nitrogens with one attached hydrogen (secondary N) is 1. The molecule has 1 amide bonds. The van der Waals surface area contributed by atoms with Crippen molar-refractivity contribution in [2.24, 2.45) is 0 Å². The van der Waals surface area contributed by atoms with Gasteiger partial charge in [0.15, 0.2) is 5.16 Å². The molecule has 3 aromatic rings. The van der Waals surface area contributed by atoms with Crippen molar-refractivity contribution in [1.29, 1.82) is 0 Å². The van der Waals surface area contributed by atoms with E-state index in [0.717, 1.165) is 11.4 Å². The first-order valence-corrected chi connectivity index (χ1v) is 10.8. The third-order valence-corrected chi connectivity index (χ3v) is 5.70. The zero-order valence-electron chi connectivity index (χ0n) is 16.1. The van der Waals surface area contributed by atoms with Gasteiger partial charge in [-0.25, -0.2) is 0 Å². The average Bonchev–Trinajstić information content (AvgIpc) is 3.11. The largest absolute Gasteiger partial charge is 0.324 e. The molecule has 0 unspecified atom stereocenters. The van der Waals surface area contributed by atoms with E-state index >= 15 is 0 Å². The van der Waals surface area contributed by atoms with Crippen molar-refractivity contribution in [1.82, 2.24) is 14.8 Å². The number of non-ortho nitro benzene ring substituents is 1. The highest BCUT2D eigenvalue weighted by Crippen LogP contribution is 2.27. The van der Waals surface area contributed by atoms with Crippen LogP contribution in [0.4, 0.5) is 11.4 Å². The lowest BCUT2D eigenvalue weighted by atomic mass is 10.1. The van der Waals surface area contributed by atoms with E-state index in [4.69, 9.17) is 23.2 Å². The summed E-state index contributed by atoms with van der Waals surface area (Å²) in [5.74, 6) is 0.376. The number of thioether (sulfide) groups is 1. The summed E-state index contributed by atoms with van der Waals surface area (Å²) in [6.07, 6.45) is 2.27. The first kappa shape index (κ1) is 22.8. The fourth-order valence-electron chi connectivity index (χ4n) is 2.69.